The molecule has 0 aromatic carbocycles. The van der Waals surface area contributed by atoms with E-state index >= 15 is 0 Å². The van der Waals surface area contributed by atoms with E-state index in [1.54, 1.807) is 12.3 Å². The summed E-state index contributed by atoms with van der Waals surface area (Å²) in [6.45, 7) is 9.47. The van der Waals surface area contributed by atoms with Gasteiger partial charge in [0.15, 0.2) is 0 Å². The van der Waals surface area contributed by atoms with Crippen LogP contribution in [0.3, 0.4) is 0 Å². The minimum absolute atomic E-state index is 0.352. The molecule has 0 aliphatic carbocycles. The van der Waals surface area contributed by atoms with Gasteiger partial charge in [0.25, 0.3) is 0 Å². The fourth-order valence-electron chi connectivity index (χ4n) is 2.55. The van der Waals surface area contributed by atoms with Gasteiger partial charge in [0.2, 0.25) is 10.0 Å². The van der Waals surface area contributed by atoms with Crippen molar-refractivity contribution >= 4 is 10.0 Å². The second-order valence-electron chi connectivity index (χ2n) is 6.13. The van der Waals surface area contributed by atoms with Crippen molar-refractivity contribution in [1.82, 2.24) is 14.6 Å². The van der Waals surface area contributed by atoms with E-state index in [-0.39, 0.29) is 0 Å². The monoisotopic (exact) mass is 315 g/mol. The van der Waals surface area contributed by atoms with Crippen LogP contribution in [0.2, 0.25) is 0 Å². The van der Waals surface area contributed by atoms with Crippen LogP contribution in [-0.4, -0.2) is 25.6 Å². The van der Waals surface area contributed by atoms with Crippen molar-refractivity contribution in [2.24, 2.45) is 0 Å². The van der Waals surface area contributed by atoms with Gasteiger partial charge >= 0.3 is 0 Å². The molecule has 0 saturated carbocycles. The van der Waals surface area contributed by atoms with Gasteiger partial charge in [0.1, 0.15) is 0 Å². The molecule has 21 heavy (non-hydrogen) atoms. The third kappa shape index (κ3) is 5.13. The summed E-state index contributed by atoms with van der Waals surface area (Å²) < 4.78 is 29.9. The zero-order valence-corrected chi connectivity index (χ0v) is 14.7. The van der Waals surface area contributed by atoms with E-state index in [4.69, 9.17) is 0 Å². The van der Waals surface area contributed by atoms with Crippen molar-refractivity contribution in [3.8, 4) is 0 Å². The first kappa shape index (κ1) is 18.2. The minimum Gasteiger partial charge on any atom is -0.349 e. The van der Waals surface area contributed by atoms with Crippen molar-refractivity contribution in [3.05, 3.63) is 18.0 Å². The van der Waals surface area contributed by atoms with Gasteiger partial charge in [-0.25, -0.2) is 13.1 Å². The van der Waals surface area contributed by atoms with E-state index in [0.29, 0.717) is 11.4 Å². The Labute approximate surface area is 129 Å². The van der Waals surface area contributed by atoms with Crippen LogP contribution in [-0.2, 0) is 23.1 Å². The fraction of sp³-hybridized carbons (Fsp3) is 0.733. The highest BCUT2D eigenvalue weighted by Gasteiger charge is 2.26. The van der Waals surface area contributed by atoms with Crippen LogP contribution < -0.4 is 10.0 Å². The molecule has 0 bridgehead atoms. The first-order valence-electron chi connectivity index (χ1n) is 7.63. The third-order valence-electron chi connectivity index (χ3n) is 3.38. The van der Waals surface area contributed by atoms with E-state index in [9.17, 15) is 8.42 Å². The Hall–Kier alpha value is -0.850. The lowest BCUT2D eigenvalue weighted by Crippen LogP contribution is -2.43. The zero-order valence-electron chi connectivity index (χ0n) is 13.9. The average Bonchev–Trinajstić information content (AvgIpc) is 2.73. The van der Waals surface area contributed by atoms with Gasteiger partial charge in [-0.05, 0) is 39.8 Å². The van der Waals surface area contributed by atoms with Crippen LogP contribution in [0.25, 0.3) is 0 Å². The summed E-state index contributed by atoms with van der Waals surface area (Å²) in [4.78, 5) is 0.352. The number of rotatable bonds is 9. The minimum atomic E-state index is -3.48. The molecule has 0 spiro atoms. The van der Waals surface area contributed by atoms with Gasteiger partial charge in [-0.15, -0.1) is 0 Å². The number of aromatic nitrogens is 1. The van der Waals surface area contributed by atoms with E-state index in [0.717, 1.165) is 31.5 Å². The third-order valence-corrected chi connectivity index (χ3v) is 5.04. The van der Waals surface area contributed by atoms with Gasteiger partial charge in [0, 0.05) is 30.5 Å². The molecular weight excluding hydrogens is 286 g/mol. The van der Waals surface area contributed by atoms with Crippen LogP contribution in [0.1, 0.15) is 52.7 Å². The molecule has 0 amide bonds. The van der Waals surface area contributed by atoms with Crippen LogP contribution in [0.4, 0.5) is 0 Å². The molecule has 6 heteroatoms. The largest absolute Gasteiger partial charge is 0.349 e. The number of aryl methyl sites for hydroxylation is 1. The second-order valence-corrected chi connectivity index (χ2v) is 7.81. The predicted octanol–water partition coefficient (Wildman–Crippen LogP) is 2.47. The number of hydrogen-bond acceptors (Lipinski definition) is 3. The molecule has 1 aromatic rings. The van der Waals surface area contributed by atoms with Crippen molar-refractivity contribution in [2.45, 2.75) is 70.5 Å². The van der Waals surface area contributed by atoms with E-state index in [1.807, 2.05) is 25.5 Å². The van der Waals surface area contributed by atoms with Crippen LogP contribution in [0.5, 0.6) is 0 Å². The molecule has 122 valence electrons. The second kappa shape index (κ2) is 7.42. The summed E-state index contributed by atoms with van der Waals surface area (Å²) in [5, 5.41) is 3.08. The topological polar surface area (TPSA) is 63.1 Å². The van der Waals surface area contributed by atoms with Crippen molar-refractivity contribution in [3.63, 3.8) is 0 Å². The Bertz CT molecular complexity index is 524. The van der Waals surface area contributed by atoms with E-state index in [1.165, 1.54) is 0 Å². The van der Waals surface area contributed by atoms with Crippen molar-refractivity contribution in [1.29, 1.82) is 0 Å². The summed E-state index contributed by atoms with van der Waals surface area (Å²) in [5.41, 5.74) is 0.567. The highest BCUT2D eigenvalue weighted by atomic mass is 32.2. The zero-order chi connectivity index (χ0) is 16.1. The molecular formula is C15H29N3O2S. The Morgan fingerprint density at radius 3 is 2.43 bits per heavy atom. The number of sulfonamides is 1. The van der Waals surface area contributed by atoms with E-state index in [2.05, 4.69) is 23.9 Å². The Morgan fingerprint density at radius 2 is 1.90 bits per heavy atom. The molecule has 0 aliphatic heterocycles. The molecule has 0 unspecified atom stereocenters. The fourth-order valence-corrected chi connectivity index (χ4v) is 4.05. The summed E-state index contributed by atoms with van der Waals surface area (Å²) in [6.07, 6.45) is 4.46. The molecule has 0 saturated heterocycles. The maximum absolute atomic E-state index is 12.6. The SMILES string of the molecule is CCCn1cc(S(=O)(=O)NC(C)(C)CCC)cc1CNC. The number of hydrogen-bond donors (Lipinski definition) is 2. The molecule has 1 rings (SSSR count). The quantitative estimate of drug-likeness (QED) is 0.736. The molecule has 0 atom stereocenters. The normalized spacial score (nSPS) is 12.8. The smallest absolute Gasteiger partial charge is 0.242 e. The lowest BCUT2D eigenvalue weighted by Gasteiger charge is -2.25. The maximum atomic E-state index is 12.6. The molecule has 0 aliphatic rings. The van der Waals surface area contributed by atoms with Crippen molar-refractivity contribution < 1.29 is 8.42 Å². The Balaban J connectivity index is 3.05. The molecule has 2 N–H and O–H groups in total. The summed E-state index contributed by atoms with van der Waals surface area (Å²) in [5.74, 6) is 0. The molecule has 5 nitrogen and oxygen atoms in total. The lowest BCUT2D eigenvalue weighted by molar-refractivity contribution is 0.417. The van der Waals surface area contributed by atoms with Gasteiger partial charge in [0.05, 0.1) is 4.90 Å². The van der Waals surface area contributed by atoms with E-state index < -0.39 is 15.6 Å². The summed E-state index contributed by atoms with van der Waals surface area (Å²) >= 11 is 0. The van der Waals surface area contributed by atoms with Gasteiger partial charge in [-0.1, -0.05) is 20.3 Å². The highest BCUT2D eigenvalue weighted by molar-refractivity contribution is 7.89. The van der Waals surface area contributed by atoms with Gasteiger partial charge in [-0.3, -0.25) is 0 Å². The standard InChI is InChI=1S/C15H29N3O2S/c1-6-8-15(3,4)17-21(19,20)14-10-13(11-16-5)18(12-14)9-7-2/h10,12,16-17H,6-9,11H2,1-5H3. The number of nitrogens with zero attached hydrogens (tertiary/aromatic N) is 1. The van der Waals surface area contributed by atoms with Crippen LogP contribution >= 0.6 is 0 Å². The summed E-state index contributed by atoms with van der Waals surface area (Å²) in [7, 11) is -1.62. The Morgan fingerprint density at radius 1 is 1.24 bits per heavy atom. The molecule has 1 aromatic heterocycles. The Kier molecular flexibility index (Phi) is 6.43. The summed E-state index contributed by atoms with van der Waals surface area (Å²) in [6, 6.07) is 1.76. The molecule has 1 heterocycles. The molecule has 0 fully saturated rings. The maximum Gasteiger partial charge on any atom is 0.242 e. The molecule has 0 radical (unpaired) electrons. The van der Waals surface area contributed by atoms with Crippen LogP contribution in [0.15, 0.2) is 17.2 Å². The first-order chi connectivity index (χ1) is 9.75. The van der Waals surface area contributed by atoms with Crippen molar-refractivity contribution in [2.75, 3.05) is 7.05 Å². The first-order valence-corrected chi connectivity index (χ1v) is 9.11. The lowest BCUT2D eigenvalue weighted by atomic mass is 10.0. The predicted molar refractivity (Wildman–Crippen MR) is 86.8 cm³/mol. The average molecular weight is 315 g/mol. The number of nitrogens with one attached hydrogen (secondary N) is 2. The highest BCUT2D eigenvalue weighted by Crippen LogP contribution is 2.19. The van der Waals surface area contributed by atoms with Gasteiger partial charge < -0.3 is 9.88 Å². The van der Waals surface area contributed by atoms with Crippen LogP contribution in [0, 0.1) is 0 Å². The van der Waals surface area contributed by atoms with Gasteiger partial charge in [-0.2, -0.15) is 0 Å².